The van der Waals surface area contributed by atoms with Crippen molar-refractivity contribution in [2.45, 2.75) is 39.7 Å². The molecule has 0 saturated heterocycles. The van der Waals surface area contributed by atoms with Crippen LogP contribution in [0.4, 0.5) is 5.69 Å². The fourth-order valence-electron chi connectivity index (χ4n) is 5.20. The van der Waals surface area contributed by atoms with Gasteiger partial charge in [-0.25, -0.2) is 9.31 Å². The average Bonchev–Trinajstić information content (AvgIpc) is 3.66. The molecule has 2 N–H and O–H groups in total. The molecule has 0 aliphatic heterocycles. The molecule has 0 aliphatic carbocycles. The lowest BCUT2D eigenvalue weighted by atomic mass is 9.97. The highest BCUT2D eigenvalue weighted by molar-refractivity contribution is 5.97. The number of rotatable bonds is 11. The molecule has 10 nitrogen and oxygen atoms in total. The molecule has 0 saturated carbocycles. The van der Waals surface area contributed by atoms with E-state index in [0.29, 0.717) is 24.3 Å². The molecular formula is C32H32N8O2. The summed E-state index contributed by atoms with van der Waals surface area (Å²) in [6.45, 7) is 5.33. The van der Waals surface area contributed by atoms with E-state index in [1.807, 2.05) is 79.7 Å². The van der Waals surface area contributed by atoms with Crippen molar-refractivity contribution >= 4 is 33.7 Å². The molecular weight excluding hydrogens is 528 g/mol. The van der Waals surface area contributed by atoms with Gasteiger partial charge >= 0.3 is 0 Å². The number of carbonyl (C=O) groups excluding carboxylic acids is 1. The average molecular weight is 561 g/mol. The Bertz CT molecular complexity index is 1830. The summed E-state index contributed by atoms with van der Waals surface area (Å²) in [5, 5.41) is 29.4. The summed E-state index contributed by atoms with van der Waals surface area (Å²) in [6, 6.07) is 24.1. The number of carbonyl (C=O) groups is 1. The van der Waals surface area contributed by atoms with E-state index in [0.717, 1.165) is 69.5 Å². The van der Waals surface area contributed by atoms with Crippen molar-refractivity contribution in [3.8, 4) is 22.5 Å². The Morgan fingerprint density at radius 1 is 0.857 bits per heavy atom. The topological polar surface area (TPSA) is 124 Å². The third-order valence-electron chi connectivity index (χ3n) is 7.25. The SMILES string of the molecule is CCCc1c(-c2ccccc2)nnc2c1c(-c1ccccc1)nn2CC(=O)NCCCNc1ccc(C)c2nonc12. The largest absolute Gasteiger partial charge is 0.383 e. The number of nitrogens with zero attached hydrogens (tertiary/aromatic N) is 6. The summed E-state index contributed by atoms with van der Waals surface area (Å²) in [7, 11) is 0. The Morgan fingerprint density at radius 3 is 2.31 bits per heavy atom. The molecule has 10 heteroatoms. The molecule has 3 aromatic carbocycles. The normalized spacial score (nSPS) is 11.3. The van der Waals surface area contributed by atoms with Gasteiger partial charge in [-0.1, -0.05) is 80.1 Å². The first-order valence-electron chi connectivity index (χ1n) is 14.2. The highest BCUT2D eigenvalue weighted by Gasteiger charge is 2.22. The van der Waals surface area contributed by atoms with Crippen LogP contribution in [0.25, 0.3) is 44.6 Å². The van der Waals surface area contributed by atoms with Gasteiger partial charge in [0.25, 0.3) is 0 Å². The molecule has 6 aromatic rings. The molecule has 0 fully saturated rings. The van der Waals surface area contributed by atoms with Gasteiger partial charge in [0.2, 0.25) is 5.91 Å². The molecule has 3 aromatic heterocycles. The van der Waals surface area contributed by atoms with Gasteiger partial charge in [0.05, 0.1) is 16.8 Å². The molecule has 42 heavy (non-hydrogen) atoms. The fourth-order valence-corrected chi connectivity index (χ4v) is 5.20. The maximum atomic E-state index is 13.0. The van der Waals surface area contributed by atoms with Crippen LogP contribution in [0.15, 0.2) is 77.4 Å². The van der Waals surface area contributed by atoms with Crippen molar-refractivity contribution in [1.29, 1.82) is 0 Å². The molecule has 0 spiro atoms. The van der Waals surface area contributed by atoms with E-state index in [1.54, 1.807) is 4.68 Å². The quantitative estimate of drug-likeness (QED) is 0.197. The number of aryl methyl sites for hydroxylation is 2. The number of anilines is 1. The Balaban J connectivity index is 1.20. The molecule has 0 unspecified atom stereocenters. The number of benzene rings is 3. The van der Waals surface area contributed by atoms with Crippen LogP contribution in [0.3, 0.4) is 0 Å². The standard InChI is InChI=1S/C32H32N8O2/c1-3-11-24-27-30(23-14-8-5-9-15-23)37-40(32(27)36-35-29(24)22-12-6-4-7-13-22)20-26(41)34-19-10-18-33-25-17-16-21(2)28-31(25)39-42-38-28/h4-9,12-17,33H,3,10-11,18-20H2,1-2H3,(H,34,41). The van der Waals surface area contributed by atoms with Crippen LogP contribution in [0.1, 0.15) is 30.9 Å². The van der Waals surface area contributed by atoms with Crippen LogP contribution in [0.5, 0.6) is 0 Å². The number of hydrogen-bond donors (Lipinski definition) is 2. The highest BCUT2D eigenvalue weighted by atomic mass is 16.6. The summed E-state index contributed by atoms with van der Waals surface area (Å²) in [5.41, 5.74) is 8.68. The molecule has 0 radical (unpaired) electrons. The zero-order chi connectivity index (χ0) is 28.9. The van der Waals surface area contributed by atoms with Crippen molar-refractivity contribution < 1.29 is 9.42 Å². The Labute approximate surface area is 243 Å². The Hall–Kier alpha value is -5.12. The van der Waals surface area contributed by atoms with Crippen molar-refractivity contribution in [2.75, 3.05) is 18.4 Å². The molecule has 3 heterocycles. The van der Waals surface area contributed by atoms with Crippen molar-refractivity contribution in [1.82, 2.24) is 35.6 Å². The predicted octanol–water partition coefficient (Wildman–Crippen LogP) is 5.58. The summed E-state index contributed by atoms with van der Waals surface area (Å²) in [4.78, 5) is 13.0. The van der Waals surface area contributed by atoms with Crippen molar-refractivity contribution in [3.63, 3.8) is 0 Å². The van der Waals surface area contributed by atoms with Gasteiger partial charge in [-0.15, -0.1) is 10.2 Å². The minimum atomic E-state index is -0.136. The second kappa shape index (κ2) is 12.2. The second-order valence-electron chi connectivity index (χ2n) is 10.2. The molecule has 0 aliphatic rings. The zero-order valence-corrected chi connectivity index (χ0v) is 23.7. The lowest BCUT2D eigenvalue weighted by Crippen LogP contribution is -2.29. The smallest absolute Gasteiger partial charge is 0.241 e. The number of nitrogens with one attached hydrogen (secondary N) is 2. The summed E-state index contributed by atoms with van der Waals surface area (Å²) >= 11 is 0. The summed E-state index contributed by atoms with van der Waals surface area (Å²) < 4.78 is 6.57. The Morgan fingerprint density at radius 2 is 1.57 bits per heavy atom. The van der Waals surface area contributed by atoms with Gasteiger partial charge in [0.15, 0.2) is 11.2 Å². The highest BCUT2D eigenvalue weighted by Crippen LogP contribution is 2.34. The first-order valence-corrected chi connectivity index (χ1v) is 14.2. The number of fused-ring (bicyclic) bond motifs is 2. The third-order valence-corrected chi connectivity index (χ3v) is 7.25. The van der Waals surface area contributed by atoms with Crippen LogP contribution in [-0.4, -0.2) is 49.3 Å². The first-order chi connectivity index (χ1) is 20.6. The lowest BCUT2D eigenvalue weighted by Gasteiger charge is -2.10. The number of aromatic nitrogens is 6. The van der Waals surface area contributed by atoms with Crippen molar-refractivity contribution in [3.05, 3.63) is 83.9 Å². The van der Waals surface area contributed by atoms with E-state index in [-0.39, 0.29) is 12.5 Å². The Kier molecular flexibility index (Phi) is 7.85. The first kappa shape index (κ1) is 27.1. The maximum Gasteiger partial charge on any atom is 0.241 e. The maximum absolute atomic E-state index is 13.0. The molecule has 0 atom stereocenters. The van der Waals surface area contributed by atoms with Crippen molar-refractivity contribution in [2.24, 2.45) is 0 Å². The van der Waals surface area contributed by atoms with Gasteiger partial charge in [-0.2, -0.15) is 5.10 Å². The molecule has 0 bridgehead atoms. The minimum absolute atomic E-state index is 0.0465. The molecule has 1 amide bonds. The molecule has 6 rings (SSSR count). The van der Waals surface area contributed by atoms with Crippen LogP contribution in [0.2, 0.25) is 0 Å². The van der Waals surface area contributed by atoms with E-state index >= 15 is 0 Å². The van der Waals surface area contributed by atoms with Crippen LogP contribution >= 0.6 is 0 Å². The second-order valence-corrected chi connectivity index (χ2v) is 10.2. The zero-order valence-electron chi connectivity index (χ0n) is 23.7. The monoisotopic (exact) mass is 560 g/mol. The summed E-state index contributed by atoms with van der Waals surface area (Å²) in [6.07, 6.45) is 2.48. The summed E-state index contributed by atoms with van der Waals surface area (Å²) in [5.74, 6) is -0.136. The van der Waals surface area contributed by atoms with E-state index in [1.165, 1.54) is 0 Å². The number of hydrogen-bond acceptors (Lipinski definition) is 8. The fraction of sp³-hybridized carbons (Fsp3) is 0.250. The lowest BCUT2D eigenvalue weighted by molar-refractivity contribution is -0.121. The molecule has 212 valence electrons. The van der Waals surface area contributed by atoms with E-state index in [2.05, 4.69) is 38.1 Å². The van der Waals surface area contributed by atoms with E-state index in [4.69, 9.17) is 9.73 Å². The van der Waals surface area contributed by atoms with Gasteiger partial charge in [-0.05, 0) is 47.3 Å². The third kappa shape index (κ3) is 5.43. The van der Waals surface area contributed by atoms with Crippen LogP contribution in [0, 0.1) is 6.92 Å². The van der Waals surface area contributed by atoms with Crippen LogP contribution < -0.4 is 10.6 Å². The van der Waals surface area contributed by atoms with Gasteiger partial charge in [0, 0.05) is 24.2 Å². The van der Waals surface area contributed by atoms with Gasteiger partial charge in [-0.3, -0.25) is 4.79 Å². The predicted molar refractivity (Wildman–Crippen MR) is 163 cm³/mol. The van der Waals surface area contributed by atoms with E-state index < -0.39 is 0 Å². The van der Waals surface area contributed by atoms with E-state index in [9.17, 15) is 4.79 Å². The number of amides is 1. The minimum Gasteiger partial charge on any atom is -0.383 e. The van der Waals surface area contributed by atoms with Gasteiger partial charge < -0.3 is 10.6 Å². The van der Waals surface area contributed by atoms with Gasteiger partial charge in [0.1, 0.15) is 17.8 Å². The van der Waals surface area contributed by atoms with Crippen LogP contribution in [-0.2, 0) is 17.8 Å².